The molecule has 0 fully saturated rings. The van der Waals surface area contributed by atoms with Gasteiger partial charge in [-0.3, -0.25) is 0 Å². The second-order valence-electron chi connectivity index (χ2n) is 5.56. The van der Waals surface area contributed by atoms with Gasteiger partial charge in [-0.2, -0.15) is 0 Å². The van der Waals surface area contributed by atoms with Gasteiger partial charge in [0, 0.05) is 16.5 Å². The third-order valence-corrected chi connectivity index (χ3v) is 4.35. The molecule has 1 heterocycles. The number of hydrogen-bond donors (Lipinski definition) is 0. The number of aromatic nitrogens is 1. The van der Waals surface area contributed by atoms with Crippen LogP contribution in [0.1, 0.15) is 25.0 Å². The van der Waals surface area contributed by atoms with E-state index in [0.717, 1.165) is 11.1 Å². The van der Waals surface area contributed by atoms with E-state index in [1.807, 2.05) is 32.1 Å². The molecule has 0 unspecified atom stereocenters. The van der Waals surface area contributed by atoms with Crippen molar-refractivity contribution in [1.82, 2.24) is 4.57 Å². The lowest BCUT2D eigenvalue weighted by Crippen LogP contribution is -1.93. The molecule has 0 bridgehead atoms. The zero-order valence-electron chi connectivity index (χ0n) is 14.9. The van der Waals surface area contributed by atoms with E-state index in [9.17, 15) is 0 Å². The van der Waals surface area contributed by atoms with Gasteiger partial charge in [-0.05, 0) is 35.4 Å². The summed E-state index contributed by atoms with van der Waals surface area (Å²) in [6.45, 7) is 12.0. The van der Waals surface area contributed by atoms with Gasteiger partial charge >= 0.3 is 0 Å². The zero-order chi connectivity index (χ0) is 17.8. The highest BCUT2D eigenvalue weighted by molar-refractivity contribution is 6.13. The molecule has 0 amide bonds. The Balaban J connectivity index is 0.000000880. The minimum absolute atomic E-state index is 1.11. The van der Waals surface area contributed by atoms with Crippen molar-refractivity contribution in [2.24, 2.45) is 0 Å². The van der Waals surface area contributed by atoms with Gasteiger partial charge in [0.1, 0.15) is 0 Å². The fourth-order valence-electron chi connectivity index (χ4n) is 3.36. The first-order valence-corrected chi connectivity index (χ1v) is 8.71. The molecule has 1 nitrogen and oxygen atoms in total. The summed E-state index contributed by atoms with van der Waals surface area (Å²) in [6.07, 6.45) is 3.83. The number of nitrogens with zero attached hydrogens (tertiary/aromatic N) is 1. The second-order valence-corrected chi connectivity index (χ2v) is 5.56. The monoisotopic (exact) mass is 325 g/mol. The highest BCUT2D eigenvalue weighted by Crippen LogP contribution is 2.36. The molecule has 3 aromatic carbocycles. The standard InChI is InChI=1S/C22H17N.C2H6/c1-3-16-14-15-21-22(18(16)4-2)19-12-8-9-13-20(19)23(21)17-10-6-5-7-11-17;1-2/h3-15H,1-2H2;1-2H3. The lowest BCUT2D eigenvalue weighted by molar-refractivity contribution is 1.18. The first kappa shape index (κ1) is 16.8. The maximum absolute atomic E-state index is 4.02. The summed E-state index contributed by atoms with van der Waals surface area (Å²) in [5.74, 6) is 0. The van der Waals surface area contributed by atoms with Crippen LogP contribution >= 0.6 is 0 Å². The molecule has 0 atom stereocenters. The molecule has 1 aromatic heterocycles. The molecule has 4 aromatic rings. The summed E-state index contributed by atoms with van der Waals surface area (Å²) in [7, 11) is 0. The van der Waals surface area contributed by atoms with Gasteiger partial charge in [0.15, 0.2) is 0 Å². The van der Waals surface area contributed by atoms with Crippen LogP contribution in [0.5, 0.6) is 0 Å². The fourth-order valence-corrected chi connectivity index (χ4v) is 3.36. The maximum atomic E-state index is 4.02. The van der Waals surface area contributed by atoms with Gasteiger partial charge in [-0.1, -0.05) is 81.6 Å². The van der Waals surface area contributed by atoms with E-state index in [0.29, 0.717) is 0 Å². The van der Waals surface area contributed by atoms with Crippen molar-refractivity contribution in [3.63, 3.8) is 0 Å². The van der Waals surface area contributed by atoms with Crippen LogP contribution in [0.15, 0.2) is 79.9 Å². The largest absolute Gasteiger partial charge is 0.309 e. The Bertz CT molecular complexity index is 1040. The molecule has 4 rings (SSSR count). The first-order chi connectivity index (χ1) is 12.3. The summed E-state index contributed by atoms with van der Waals surface area (Å²) >= 11 is 0. The van der Waals surface area contributed by atoms with Crippen LogP contribution in [0.2, 0.25) is 0 Å². The van der Waals surface area contributed by atoms with E-state index in [2.05, 4.69) is 78.4 Å². The Morgan fingerprint density at radius 3 is 2.08 bits per heavy atom. The smallest absolute Gasteiger partial charge is 0.0547 e. The molecule has 0 aliphatic carbocycles. The molecule has 25 heavy (non-hydrogen) atoms. The Morgan fingerprint density at radius 2 is 1.40 bits per heavy atom. The fraction of sp³-hybridized carbons (Fsp3) is 0.0833. The third-order valence-electron chi connectivity index (χ3n) is 4.35. The highest BCUT2D eigenvalue weighted by atomic mass is 15.0. The maximum Gasteiger partial charge on any atom is 0.0547 e. The van der Waals surface area contributed by atoms with E-state index >= 15 is 0 Å². The minimum atomic E-state index is 1.11. The normalized spacial score (nSPS) is 10.3. The third kappa shape index (κ3) is 2.68. The van der Waals surface area contributed by atoms with Gasteiger partial charge < -0.3 is 4.57 Å². The van der Waals surface area contributed by atoms with Crippen molar-refractivity contribution in [1.29, 1.82) is 0 Å². The van der Waals surface area contributed by atoms with Crippen LogP contribution in [0.25, 0.3) is 39.6 Å². The van der Waals surface area contributed by atoms with Crippen molar-refractivity contribution in [3.05, 3.63) is 91.0 Å². The minimum Gasteiger partial charge on any atom is -0.309 e. The summed E-state index contributed by atoms with van der Waals surface area (Å²) in [5.41, 5.74) is 5.82. The quantitative estimate of drug-likeness (QED) is 0.379. The van der Waals surface area contributed by atoms with Crippen LogP contribution in [0.4, 0.5) is 0 Å². The number of rotatable bonds is 3. The lowest BCUT2D eigenvalue weighted by Gasteiger charge is -2.08. The summed E-state index contributed by atoms with van der Waals surface area (Å²) < 4.78 is 2.31. The summed E-state index contributed by atoms with van der Waals surface area (Å²) in [6, 6.07) is 23.3. The molecule has 124 valence electrons. The molecule has 0 N–H and O–H groups in total. The van der Waals surface area contributed by atoms with Crippen LogP contribution < -0.4 is 0 Å². The van der Waals surface area contributed by atoms with Crippen LogP contribution in [-0.4, -0.2) is 4.57 Å². The Morgan fingerprint density at radius 1 is 0.720 bits per heavy atom. The van der Waals surface area contributed by atoms with Gasteiger partial charge in [-0.15, -0.1) is 0 Å². The van der Waals surface area contributed by atoms with Crippen LogP contribution in [-0.2, 0) is 0 Å². The van der Waals surface area contributed by atoms with E-state index in [4.69, 9.17) is 0 Å². The average Bonchev–Trinajstić information content (AvgIpc) is 3.04. The van der Waals surface area contributed by atoms with E-state index < -0.39 is 0 Å². The van der Waals surface area contributed by atoms with Crippen molar-refractivity contribution in [3.8, 4) is 5.69 Å². The van der Waals surface area contributed by atoms with Gasteiger partial charge in [0.25, 0.3) is 0 Å². The lowest BCUT2D eigenvalue weighted by atomic mass is 10.0. The molecule has 0 aliphatic rings. The zero-order valence-corrected chi connectivity index (χ0v) is 14.9. The Hall–Kier alpha value is -3.06. The predicted octanol–water partition coefficient (Wildman–Crippen LogP) is 7.10. The molecular formula is C24H23N. The molecular weight excluding hydrogens is 302 g/mol. The van der Waals surface area contributed by atoms with Gasteiger partial charge in [-0.25, -0.2) is 0 Å². The Labute approximate surface area is 149 Å². The first-order valence-electron chi connectivity index (χ1n) is 8.71. The van der Waals surface area contributed by atoms with E-state index in [1.165, 1.54) is 27.5 Å². The van der Waals surface area contributed by atoms with Crippen molar-refractivity contribution in [2.45, 2.75) is 13.8 Å². The van der Waals surface area contributed by atoms with E-state index in [-0.39, 0.29) is 0 Å². The van der Waals surface area contributed by atoms with E-state index in [1.54, 1.807) is 0 Å². The van der Waals surface area contributed by atoms with Crippen molar-refractivity contribution < 1.29 is 0 Å². The molecule has 1 heteroatoms. The van der Waals surface area contributed by atoms with Gasteiger partial charge in [0.2, 0.25) is 0 Å². The van der Waals surface area contributed by atoms with Crippen molar-refractivity contribution >= 4 is 34.0 Å². The van der Waals surface area contributed by atoms with Crippen LogP contribution in [0, 0.1) is 0 Å². The summed E-state index contributed by atoms with van der Waals surface area (Å²) in [4.78, 5) is 0. The SMILES string of the molecule is C=Cc1ccc2c(c1C=C)c1ccccc1n2-c1ccccc1.CC. The van der Waals surface area contributed by atoms with Crippen LogP contribution in [0.3, 0.4) is 0 Å². The second kappa shape index (κ2) is 7.23. The Kier molecular flexibility index (Phi) is 4.85. The topological polar surface area (TPSA) is 4.93 Å². The number of para-hydroxylation sites is 2. The number of benzene rings is 3. The predicted molar refractivity (Wildman–Crippen MR) is 112 cm³/mol. The molecule has 0 radical (unpaired) electrons. The average molecular weight is 325 g/mol. The molecule has 0 saturated carbocycles. The summed E-state index contributed by atoms with van der Waals surface area (Å²) in [5, 5.41) is 2.47. The number of fused-ring (bicyclic) bond motifs is 3. The van der Waals surface area contributed by atoms with Gasteiger partial charge in [0.05, 0.1) is 11.0 Å². The number of hydrogen-bond acceptors (Lipinski definition) is 0. The van der Waals surface area contributed by atoms with Crippen molar-refractivity contribution in [2.75, 3.05) is 0 Å². The molecule has 0 aliphatic heterocycles. The molecule has 0 saturated heterocycles. The molecule has 0 spiro atoms. The highest BCUT2D eigenvalue weighted by Gasteiger charge is 2.15.